The Balaban J connectivity index is 1.94. The number of hydrogen-bond donors (Lipinski definition) is 2. The summed E-state index contributed by atoms with van der Waals surface area (Å²) in [5.41, 5.74) is 8.65. The summed E-state index contributed by atoms with van der Waals surface area (Å²) < 4.78 is 13.6. The molecular formula is C22H31N5O3. The molecule has 3 N–H and O–H groups in total. The number of nitrogens with zero attached hydrogens (tertiary/aromatic N) is 3. The Morgan fingerprint density at radius 1 is 1.27 bits per heavy atom. The van der Waals surface area contributed by atoms with Crippen molar-refractivity contribution in [2.45, 2.75) is 47.3 Å². The van der Waals surface area contributed by atoms with Gasteiger partial charge in [-0.1, -0.05) is 20.8 Å². The molecule has 2 heterocycles. The topological polar surface area (TPSA) is 104 Å². The molecule has 8 nitrogen and oxygen atoms in total. The van der Waals surface area contributed by atoms with Crippen LogP contribution >= 0.6 is 0 Å². The van der Waals surface area contributed by atoms with E-state index < -0.39 is 0 Å². The van der Waals surface area contributed by atoms with Crippen molar-refractivity contribution in [1.29, 1.82) is 0 Å². The maximum Gasteiger partial charge on any atom is 0.222 e. The van der Waals surface area contributed by atoms with E-state index in [2.05, 4.69) is 21.8 Å². The van der Waals surface area contributed by atoms with Gasteiger partial charge in [0.1, 0.15) is 30.3 Å². The largest absolute Gasteiger partial charge is 0.492 e. The average Bonchev–Trinajstić information content (AvgIpc) is 3.09. The van der Waals surface area contributed by atoms with Gasteiger partial charge in [0.2, 0.25) is 5.91 Å². The van der Waals surface area contributed by atoms with Gasteiger partial charge < -0.3 is 25.1 Å². The number of benzene rings is 1. The van der Waals surface area contributed by atoms with Crippen LogP contribution in [-0.2, 0) is 22.7 Å². The zero-order valence-corrected chi connectivity index (χ0v) is 18.2. The lowest BCUT2D eigenvalue weighted by molar-refractivity contribution is -0.124. The van der Waals surface area contributed by atoms with Gasteiger partial charge in [0.15, 0.2) is 5.82 Å². The number of ether oxygens (including phenoxy) is 2. The van der Waals surface area contributed by atoms with Gasteiger partial charge in [-0.25, -0.2) is 9.97 Å². The van der Waals surface area contributed by atoms with Gasteiger partial charge in [-0.05, 0) is 31.5 Å². The minimum Gasteiger partial charge on any atom is -0.492 e. The number of amides is 1. The number of anilines is 1. The quantitative estimate of drug-likeness (QED) is 0.494. The van der Waals surface area contributed by atoms with Crippen molar-refractivity contribution in [3.05, 3.63) is 24.0 Å². The average molecular weight is 414 g/mol. The first-order chi connectivity index (χ1) is 14.5. The van der Waals surface area contributed by atoms with Gasteiger partial charge in [-0.3, -0.25) is 4.79 Å². The molecule has 8 heteroatoms. The number of nitrogens with two attached hydrogens (primary N) is 1. The minimum atomic E-state index is -0.0415. The van der Waals surface area contributed by atoms with E-state index in [-0.39, 0.29) is 11.8 Å². The van der Waals surface area contributed by atoms with Gasteiger partial charge in [0.05, 0.1) is 17.6 Å². The van der Waals surface area contributed by atoms with Crippen molar-refractivity contribution in [3.63, 3.8) is 0 Å². The molecule has 162 valence electrons. The van der Waals surface area contributed by atoms with E-state index in [0.717, 1.165) is 35.2 Å². The van der Waals surface area contributed by atoms with E-state index in [1.807, 2.05) is 39.0 Å². The molecule has 0 saturated heterocycles. The molecule has 2 aromatic heterocycles. The van der Waals surface area contributed by atoms with Crippen molar-refractivity contribution in [3.8, 4) is 5.75 Å². The number of nitrogens with one attached hydrogen (secondary N) is 1. The van der Waals surface area contributed by atoms with Gasteiger partial charge in [-0.2, -0.15) is 0 Å². The Hall–Kier alpha value is -2.87. The zero-order valence-electron chi connectivity index (χ0n) is 18.2. The van der Waals surface area contributed by atoms with E-state index in [1.54, 1.807) is 0 Å². The molecule has 0 aliphatic rings. The van der Waals surface area contributed by atoms with Crippen LogP contribution in [0.1, 0.15) is 39.9 Å². The van der Waals surface area contributed by atoms with E-state index in [4.69, 9.17) is 20.2 Å². The Kier molecular flexibility index (Phi) is 7.10. The Morgan fingerprint density at radius 2 is 2.07 bits per heavy atom. The molecule has 0 aliphatic carbocycles. The summed E-state index contributed by atoms with van der Waals surface area (Å²) in [4.78, 5) is 20.9. The molecule has 3 rings (SSSR count). The summed E-state index contributed by atoms with van der Waals surface area (Å²) in [6.07, 6.45) is 0.958. The third-order valence-electron chi connectivity index (χ3n) is 4.83. The highest BCUT2D eigenvalue weighted by atomic mass is 16.5. The second-order valence-electron chi connectivity index (χ2n) is 7.48. The number of imidazole rings is 1. The number of aryl methyl sites for hydroxylation is 1. The van der Waals surface area contributed by atoms with E-state index in [1.165, 1.54) is 0 Å². The molecule has 0 saturated carbocycles. The minimum absolute atomic E-state index is 0.0174. The lowest BCUT2D eigenvalue weighted by Crippen LogP contribution is -2.31. The standard InChI is InChI=1S/C22H31N5O3/c1-5-10-27-18(13-29-6-2)26-19-20(27)16-12-15(7-8-17(16)25-21(19)23)30-11-9-24-22(28)14(3)4/h7-8,12,14H,5-6,9-11,13H2,1-4H3,(H2,23,25)(H,24,28). The van der Waals surface area contributed by atoms with Crippen molar-refractivity contribution < 1.29 is 14.3 Å². The molecule has 0 atom stereocenters. The van der Waals surface area contributed by atoms with Crippen molar-refractivity contribution in [2.75, 3.05) is 25.5 Å². The van der Waals surface area contributed by atoms with Crippen LogP contribution in [0.3, 0.4) is 0 Å². The normalized spacial score (nSPS) is 11.5. The summed E-state index contributed by atoms with van der Waals surface area (Å²) in [5.74, 6) is 1.95. The number of hydrogen-bond acceptors (Lipinski definition) is 6. The van der Waals surface area contributed by atoms with Crippen molar-refractivity contribution >= 4 is 33.7 Å². The smallest absolute Gasteiger partial charge is 0.222 e. The first-order valence-corrected chi connectivity index (χ1v) is 10.5. The maximum absolute atomic E-state index is 11.7. The third kappa shape index (κ3) is 4.64. The predicted molar refractivity (Wildman–Crippen MR) is 118 cm³/mol. The van der Waals surface area contributed by atoms with Crippen LogP contribution in [0.25, 0.3) is 21.9 Å². The highest BCUT2D eigenvalue weighted by Gasteiger charge is 2.17. The first kappa shape index (κ1) is 21.8. The molecule has 1 amide bonds. The highest BCUT2D eigenvalue weighted by Crippen LogP contribution is 2.31. The molecule has 0 radical (unpaired) electrons. The predicted octanol–water partition coefficient (Wildman–Crippen LogP) is 3.26. The van der Waals surface area contributed by atoms with E-state index in [0.29, 0.717) is 43.4 Å². The fourth-order valence-electron chi connectivity index (χ4n) is 3.34. The Bertz CT molecular complexity index is 1030. The van der Waals surface area contributed by atoms with Crippen LogP contribution in [0.2, 0.25) is 0 Å². The molecule has 0 spiro atoms. The molecule has 0 fully saturated rings. The van der Waals surface area contributed by atoms with Gasteiger partial charge in [0.25, 0.3) is 0 Å². The number of pyridine rings is 1. The van der Waals surface area contributed by atoms with Crippen LogP contribution in [0.5, 0.6) is 5.75 Å². The lowest BCUT2D eigenvalue weighted by Gasteiger charge is -2.12. The van der Waals surface area contributed by atoms with Gasteiger partial charge >= 0.3 is 0 Å². The maximum atomic E-state index is 11.7. The third-order valence-corrected chi connectivity index (χ3v) is 4.83. The summed E-state index contributed by atoms with van der Waals surface area (Å²) in [6.45, 7) is 10.5. The number of aromatic nitrogens is 3. The summed E-state index contributed by atoms with van der Waals surface area (Å²) in [6, 6.07) is 5.73. The molecule has 0 bridgehead atoms. The summed E-state index contributed by atoms with van der Waals surface area (Å²) in [5, 5.41) is 3.79. The van der Waals surface area contributed by atoms with Gasteiger partial charge in [0, 0.05) is 24.5 Å². The zero-order chi connectivity index (χ0) is 21.7. The van der Waals surface area contributed by atoms with E-state index in [9.17, 15) is 4.79 Å². The lowest BCUT2D eigenvalue weighted by atomic mass is 10.1. The van der Waals surface area contributed by atoms with Crippen molar-refractivity contribution in [1.82, 2.24) is 19.9 Å². The Morgan fingerprint density at radius 3 is 2.77 bits per heavy atom. The second kappa shape index (κ2) is 9.75. The molecule has 1 aromatic carbocycles. The fraction of sp³-hybridized carbons (Fsp3) is 0.500. The molecule has 0 aliphatic heterocycles. The molecule has 3 aromatic rings. The molecular weight excluding hydrogens is 382 g/mol. The summed E-state index contributed by atoms with van der Waals surface area (Å²) >= 11 is 0. The summed E-state index contributed by atoms with van der Waals surface area (Å²) in [7, 11) is 0. The Labute approximate surface area is 176 Å². The number of carbonyl (C=O) groups is 1. The fourth-order valence-corrected chi connectivity index (χ4v) is 3.34. The first-order valence-electron chi connectivity index (χ1n) is 10.5. The SMILES string of the molecule is CCCn1c(COCC)nc2c(N)nc3ccc(OCCNC(=O)C(C)C)cc3c21. The number of fused-ring (bicyclic) bond motifs is 3. The van der Waals surface area contributed by atoms with Crippen LogP contribution < -0.4 is 15.8 Å². The number of nitrogen functional groups attached to an aromatic ring is 1. The van der Waals surface area contributed by atoms with Crippen LogP contribution in [-0.4, -0.2) is 40.2 Å². The van der Waals surface area contributed by atoms with Crippen LogP contribution in [0.15, 0.2) is 18.2 Å². The van der Waals surface area contributed by atoms with Crippen LogP contribution in [0.4, 0.5) is 5.82 Å². The monoisotopic (exact) mass is 413 g/mol. The van der Waals surface area contributed by atoms with Gasteiger partial charge in [-0.15, -0.1) is 0 Å². The van der Waals surface area contributed by atoms with E-state index >= 15 is 0 Å². The second-order valence-corrected chi connectivity index (χ2v) is 7.48. The van der Waals surface area contributed by atoms with Crippen LogP contribution in [0, 0.1) is 5.92 Å². The number of carbonyl (C=O) groups excluding carboxylic acids is 1. The highest BCUT2D eigenvalue weighted by molar-refractivity contribution is 6.07. The molecule has 0 unspecified atom stereocenters. The molecule has 30 heavy (non-hydrogen) atoms. The number of rotatable bonds is 10. The van der Waals surface area contributed by atoms with Crippen molar-refractivity contribution in [2.24, 2.45) is 5.92 Å².